The van der Waals surface area contributed by atoms with Crippen LogP contribution in [0.5, 0.6) is 0 Å². The molecular formula is C14H24N2O4. The molecule has 1 aliphatic heterocycles. The number of hydrogen-bond donors (Lipinski definition) is 2. The highest BCUT2D eigenvalue weighted by Gasteiger charge is 2.34. The summed E-state index contributed by atoms with van der Waals surface area (Å²) in [5, 5.41) is 11.4. The molecule has 20 heavy (non-hydrogen) atoms. The molecule has 0 bridgehead atoms. The molecule has 0 aromatic heterocycles. The largest absolute Gasteiger partial charge is 0.481 e. The first-order valence-corrected chi connectivity index (χ1v) is 7.00. The van der Waals surface area contributed by atoms with Crippen molar-refractivity contribution in [3.8, 4) is 0 Å². The van der Waals surface area contributed by atoms with Crippen LogP contribution in [0.4, 0.5) is 0 Å². The molecule has 0 aliphatic carbocycles. The smallest absolute Gasteiger partial charge is 0.303 e. The van der Waals surface area contributed by atoms with Crippen LogP contribution >= 0.6 is 0 Å². The van der Waals surface area contributed by atoms with Crippen molar-refractivity contribution in [3.05, 3.63) is 0 Å². The number of aliphatic carboxylic acids is 1. The van der Waals surface area contributed by atoms with E-state index in [4.69, 9.17) is 5.11 Å². The predicted molar refractivity (Wildman–Crippen MR) is 74.1 cm³/mol. The minimum absolute atomic E-state index is 0.0583. The Kier molecular flexibility index (Phi) is 5.53. The van der Waals surface area contributed by atoms with Crippen molar-refractivity contribution in [2.45, 2.75) is 52.0 Å². The molecule has 2 N–H and O–H groups in total. The van der Waals surface area contributed by atoms with Gasteiger partial charge in [-0.3, -0.25) is 14.4 Å². The van der Waals surface area contributed by atoms with Gasteiger partial charge in [0, 0.05) is 20.0 Å². The van der Waals surface area contributed by atoms with Crippen LogP contribution in [0.2, 0.25) is 0 Å². The molecule has 6 nitrogen and oxygen atoms in total. The van der Waals surface area contributed by atoms with Gasteiger partial charge in [-0.25, -0.2) is 0 Å². The molecule has 114 valence electrons. The van der Waals surface area contributed by atoms with Crippen LogP contribution in [0.3, 0.4) is 0 Å². The summed E-state index contributed by atoms with van der Waals surface area (Å²) in [5.74, 6) is -1.19. The maximum Gasteiger partial charge on any atom is 0.303 e. The van der Waals surface area contributed by atoms with Gasteiger partial charge in [0.1, 0.15) is 6.04 Å². The van der Waals surface area contributed by atoms with Gasteiger partial charge in [-0.05, 0) is 24.7 Å². The molecule has 0 spiro atoms. The predicted octanol–water partition coefficient (Wildman–Crippen LogP) is 1.00. The van der Waals surface area contributed by atoms with Crippen LogP contribution in [0, 0.1) is 5.41 Å². The van der Waals surface area contributed by atoms with Crippen LogP contribution in [0.1, 0.15) is 46.0 Å². The lowest BCUT2D eigenvalue weighted by atomic mass is 9.84. The van der Waals surface area contributed by atoms with E-state index < -0.39 is 17.4 Å². The fourth-order valence-electron chi connectivity index (χ4n) is 2.65. The summed E-state index contributed by atoms with van der Waals surface area (Å²) in [6.07, 6.45) is 2.58. The van der Waals surface area contributed by atoms with Gasteiger partial charge in [-0.15, -0.1) is 0 Å². The van der Waals surface area contributed by atoms with Gasteiger partial charge in [0.05, 0.1) is 6.42 Å². The van der Waals surface area contributed by atoms with E-state index >= 15 is 0 Å². The summed E-state index contributed by atoms with van der Waals surface area (Å²) in [5.41, 5.74) is -0.604. The van der Waals surface area contributed by atoms with E-state index in [2.05, 4.69) is 5.32 Å². The first-order valence-electron chi connectivity index (χ1n) is 7.00. The van der Waals surface area contributed by atoms with Crippen molar-refractivity contribution in [1.82, 2.24) is 10.2 Å². The molecule has 0 aromatic rings. The SMILES string of the molecule is CNC(=O)[C@H]1CCCCN1C(=O)CC(C)(C)CC(=O)O. The molecule has 1 saturated heterocycles. The molecule has 1 fully saturated rings. The minimum Gasteiger partial charge on any atom is -0.481 e. The Labute approximate surface area is 119 Å². The van der Waals surface area contributed by atoms with Crippen LogP contribution in [0.25, 0.3) is 0 Å². The van der Waals surface area contributed by atoms with Crippen LogP contribution < -0.4 is 5.32 Å². The third kappa shape index (κ3) is 4.51. The van der Waals surface area contributed by atoms with Crippen molar-refractivity contribution < 1.29 is 19.5 Å². The minimum atomic E-state index is -0.913. The average molecular weight is 284 g/mol. The van der Waals surface area contributed by atoms with Crippen LogP contribution in [-0.4, -0.2) is 47.4 Å². The fraction of sp³-hybridized carbons (Fsp3) is 0.786. The quantitative estimate of drug-likeness (QED) is 0.788. The number of nitrogens with zero attached hydrogens (tertiary/aromatic N) is 1. The van der Waals surface area contributed by atoms with E-state index in [1.807, 2.05) is 0 Å². The van der Waals surface area contributed by atoms with Crippen LogP contribution in [0.15, 0.2) is 0 Å². The molecular weight excluding hydrogens is 260 g/mol. The van der Waals surface area contributed by atoms with Crippen molar-refractivity contribution in [2.24, 2.45) is 5.41 Å². The van der Waals surface area contributed by atoms with Gasteiger partial charge in [-0.2, -0.15) is 0 Å². The number of amides is 2. The van der Waals surface area contributed by atoms with Crippen molar-refractivity contribution in [2.75, 3.05) is 13.6 Å². The molecule has 0 unspecified atom stereocenters. The van der Waals surface area contributed by atoms with Gasteiger partial charge in [-0.1, -0.05) is 13.8 Å². The van der Waals surface area contributed by atoms with E-state index in [0.717, 1.165) is 12.8 Å². The summed E-state index contributed by atoms with van der Waals surface area (Å²) >= 11 is 0. The van der Waals surface area contributed by atoms with E-state index in [1.165, 1.54) is 0 Å². The lowest BCUT2D eigenvalue weighted by Gasteiger charge is -2.36. The second-order valence-electron chi connectivity index (χ2n) is 6.12. The van der Waals surface area contributed by atoms with Gasteiger partial charge in [0.2, 0.25) is 11.8 Å². The summed E-state index contributed by atoms with van der Waals surface area (Å²) in [7, 11) is 1.56. The highest BCUT2D eigenvalue weighted by Crippen LogP contribution is 2.28. The maximum atomic E-state index is 12.4. The Hall–Kier alpha value is -1.59. The second kappa shape index (κ2) is 6.72. The zero-order chi connectivity index (χ0) is 15.3. The Bertz CT molecular complexity index is 393. The van der Waals surface area contributed by atoms with E-state index in [-0.39, 0.29) is 24.7 Å². The third-order valence-electron chi connectivity index (χ3n) is 3.63. The van der Waals surface area contributed by atoms with E-state index in [0.29, 0.717) is 13.0 Å². The third-order valence-corrected chi connectivity index (χ3v) is 3.63. The Morgan fingerprint density at radius 2 is 1.90 bits per heavy atom. The number of nitrogens with one attached hydrogen (secondary N) is 1. The number of likely N-dealkylation sites (tertiary alicyclic amines) is 1. The highest BCUT2D eigenvalue weighted by atomic mass is 16.4. The number of carbonyl (C=O) groups excluding carboxylic acids is 2. The lowest BCUT2D eigenvalue weighted by molar-refractivity contribution is -0.145. The Morgan fingerprint density at radius 1 is 1.25 bits per heavy atom. The van der Waals surface area contributed by atoms with E-state index in [1.54, 1.807) is 25.8 Å². The molecule has 6 heteroatoms. The fourth-order valence-corrected chi connectivity index (χ4v) is 2.65. The van der Waals surface area contributed by atoms with E-state index in [9.17, 15) is 14.4 Å². The lowest BCUT2D eigenvalue weighted by Crippen LogP contribution is -2.52. The number of carbonyl (C=O) groups is 3. The number of rotatable bonds is 5. The molecule has 0 radical (unpaired) electrons. The maximum absolute atomic E-state index is 12.4. The highest BCUT2D eigenvalue weighted by molar-refractivity contribution is 5.88. The molecule has 1 rings (SSSR count). The number of carboxylic acids is 1. The van der Waals surface area contributed by atoms with Gasteiger partial charge in [0.25, 0.3) is 0 Å². The molecule has 1 aliphatic rings. The zero-order valence-corrected chi connectivity index (χ0v) is 12.4. The summed E-state index contributed by atoms with van der Waals surface area (Å²) in [6, 6.07) is -0.415. The topological polar surface area (TPSA) is 86.7 Å². The Balaban J connectivity index is 2.73. The van der Waals surface area contributed by atoms with Gasteiger partial charge < -0.3 is 15.3 Å². The van der Waals surface area contributed by atoms with Crippen LogP contribution in [-0.2, 0) is 14.4 Å². The van der Waals surface area contributed by atoms with Crippen molar-refractivity contribution >= 4 is 17.8 Å². The number of carboxylic acid groups (broad SMARTS) is 1. The number of likely N-dealkylation sites (N-methyl/N-ethyl adjacent to an activating group) is 1. The summed E-state index contributed by atoms with van der Waals surface area (Å²) in [4.78, 5) is 36.6. The monoisotopic (exact) mass is 284 g/mol. The normalized spacial score (nSPS) is 19.6. The van der Waals surface area contributed by atoms with Gasteiger partial charge >= 0.3 is 5.97 Å². The second-order valence-corrected chi connectivity index (χ2v) is 6.12. The average Bonchev–Trinajstić information content (AvgIpc) is 2.35. The summed E-state index contributed by atoms with van der Waals surface area (Å²) in [6.45, 7) is 4.09. The molecule has 1 heterocycles. The number of hydrogen-bond acceptors (Lipinski definition) is 3. The standard InChI is InChI=1S/C14H24N2O4/c1-14(2,9-12(18)19)8-11(17)16-7-5-4-6-10(16)13(20)15-3/h10H,4-9H2,1-3H3,(H,15,20)(H,18,19)/t10-/m1/s1. The van der Waals surface area contributed by atoms with Gasteiger partial charge in [0.15, 0.2) is 0 Å². The summed E-state index contributed by atoms with van der Waals surface area (Å²) < 4.78 is 0. The first-order chi connectivity index (χ1) is 9.26. The Morgan fingerprint density at radius 3 is 2.45 bits per heavy atom. The van der Waals surface area contributed by atoms with Crippen molar-refractivity contribution in [3.63, 3.8) is 0 Å². The molecule has 0 saturated carbocycles. The zero-order valence-electron chi connectivity index (χ0n) is 12.4. The molecule has 0 aromatic carbocycles. The first kappa shape index (κ1) is 16.5. The number of piperidine rings is 1. The van der Waals surface area contributed by atoms with Crippen molar-refractivity contribution in [1.29, 1.82) is 0 Å². The molecule has 2 amide bonds. The molecule has 1 atom stereocenters.